The van der Waals surface area contributed by atoms with Gasteiger partial charge in [0.2, 0.25) is 5.91 Å². The fraction of sp³-hybridized carbons (Fsp3) is 0.700. The molecule has 5 aliphatic rings. The molecule has 5 aliphatic heterocycles. The minimum atomic E-state index is -0.945. The summed E-state index contributed by atoms with van der Waals surface area (Å²) < 4.78 is 33.9. The predicted octanol–water partition coefficient (Wildman–Crippen LogP) is -0.470. The summed E-state index contributed by atoms with van der Waals surface area (Å²) >= 11 is 0. The van der Waals surface area contributed by atoms with Gasteiger partial charge in [0.1, 0.15) is 36.5 Å². The molecule has 1 amide bonds. The van der Waals surface area contributed by atoms with Crippen LogP contribution in [0.4, 0.5) is 0 Å². The van der Waals surface area contributed by atoms with Crippen molar-refractivity contribution in [3.8, 4) is 0 Å². The predicted molar refractivity (Wildman–Crippen MR) is 158 cm³/mol. The summed E-state index contributed by atoms with van der Waals surface area (Å²) in [6, 6.07) is 6.71. The van der Waals surface area contributed by atoms with Crippen LogP contribution in [0.25, 0.3) is 0 Å². The van der Waals surface area contributed by atoms with Crippen LogP contribution in [0.5, 0.6) is 0 Å². The highest BCUT2D eigenvalue weighted by molar-refractivity contribution is 5.88. The number of benzene rings is 1. The van der Waals surface area contributed by atoms with Crippen molar-refractivity contribution in [1.29, 1.82) is 0 Å². The highest BCUT2D eigenvalue weighted by Gasteiger charge is 2.53. The van der Waals surface area contributed by atoms with Crippen LogP contribution in [-0.2, 0) is 58.9 Å². The maximum Gasteiger partial charge on any atom is 0.329 e. The Morgan fingerprint density at radius 3 is 1.96 bits per heavy atom. The number of hydrogen-bond donors (Lipinski definition) is 1. The third-order valence-electron chi connectivity index (χ3n) is 9.38. The Balaban J connectivity index is 1.07. The lowest BCUT2D eigenvalue weighted by Gasteiger charge is -2.30. The lowest BCUT2D eigenvalue weighted by atomic mass is 10.0. The number of hydrogen-bond acceptors (Lipinski definition) is 16. The molecule has 11 atom stereocenters. The number of fused-ring (bicyclic) bond motifs is 2. The van der Waals surface area contributed by atoms with Crippen molar-refractivity contribution in [2.24, 2.45) is 0 Å². The second-order valence-electron chi connectivity index (χ2n) is 12.5. The summed E-state index contributed by atoms with van der Waals surface area (Å²) in [5, 5.41) is 22.9. The first kappa shape index (κ1) is 34.7. The summed E-state index contributed by atoms with van der Waals surface area (Å²) in [5.41, 5.74) is 0.965. The third-order valence-corrected chi connectivity index (χ3v) is 9.38. The molecule has 0 saturated carbocycles. The molecule has 0 spiro atoms. The quantitative estimate of drug-likeness (QED) is 0.147. The average Bonchev–Trinajstić information content (AvgIpc) is 3.90. The number of ether oxygens (including phenoxy) is 6. The molecule has 0 radical (unpaired) electrons. The van der Waals surface area contributed by atoms with Crippen molar-refractivity contribution < 1.29 is 62.7 Å². The molecule has 1 N–H and O–H groups in total. The van der Waals surface area contributed by atoms with E-state index in [2.05, 4.69) is 15.0 Å². The summed E-state index contributed by atoms with van der Waals surface area (Å²) in [7, 11) is 0. The van der Waals surface area contributed by atoms with E-state index in [1.807, 2.05) is 30.3 Å². The molecule has 19 heteroatoms. The van der Waals surface area contributed by atoms with Gasteiger partial charge in [-0.1, -0.05) is 30.3 Å². The van der Waals surface area contributed by atoms with Gasteiger partial charge in [0.05, 0.1) is 32.5 Å². The molecule has 4 unspecified atom stereocenters. The maximum absolute atomic E-state index is 13.7. The van der Waals surface area contributed by atoms with Crippen molar-refractivity contribution in [1.82, 2.24) is 10.2 Å². The van der Waals surface area contributed by atoms with E-state index in [0.717, 1.165) is 5.56 Å². The Morgan fingerprint density at radius 1 is 0.857 bits per heavy atom. The number of amides is 1. The zero-order valence-corrected chi connectivity index (χ0v) is 26.6. The molecule has 5 fully saturated rings. The molecular formula is C30H38N4O15. The van der Waals surface area contributed by atoms with E-state index in [1.54, 1.807) is 6.92 Å². The summed E-state index contributed by atoms with van der Waals surface area (Å²) in [6.45, 7) is 1.62. The normalized spacial score (nSPS) is 32.9. The number of rotatable bonds is 14. The molecule has 19 nitrogen and oxygen atoms in total. The minimum absolute atomic E-state index is 0.0371. The van der Waals surface area contributed by atoms with Gasteiger partial charge in [-0.25, -0.2) is 4.79 Å². The van der Waals surface area contributed by atoms with Gasteiger partial charge in [0.15, 0.2) is 24.4 Å². The second kappa shape index (κ2) is 15.2. The summed E-state index contributed by atoms with van der Waals surface area (Å²) in [5.74, 6) is -1.73. The number of aryl methyl sites for hydroxylation is 1. The molecule has 0 aromatic heterocycles. The minimum Gasteiger partial charge on any atom is -0.456 e. The zero-order chi connectivity index (χ0) is 34.7. The van der Waals surface area contributed by atoms with E-state index >= 15 is 0 Å². The topological polar surface area (TPSA) is 227 Å². The highest BCUT2D eigenvalue weighted by Crippen LogP contribution is 2.33. The van der Waals surface area contributed by atoms with Crippen LogP contribution in [0.15, 0.2) is 30.3 Å². The first-order valence-electron chi connectivity index (χ1n) is 16.2. The fourth-order valence-electron chi connectivity index (χ4n) is 7.04. The first-order chi connectivity index (χ1) is 23.6. The van der Waals surface area contributed by atoms with Crippen LogP contribution in [-0.4, -0.2) is 133 Å². The Labute approximate surface area is 279 Å². The van der Waals surface area contributed by atoms with Gasteiger partial charge in [0, 0.05) is 6.54 Å². The Bertz CT molecular complexity index is 1390. The lowest BCUT2D eigenvalue weighted by Crippen LogP contribution is -2.54. The average molecular weight is 695 g/mol. The van der Waals surface area contributed by atoms with E-state index in [9.17, 15) is 34.6 Å². The number of nitrogens with one attached hydrogen (secondary N) is 1. The van der Waals surface area contributed by atoms with Crippen LogP contribution in [0.2, 0.25) is 0 Å². The highest BCUT2D eigenvalue weighted by atomic mass is 17.0. The molecular weight excluding hydrogens is 656 g/mol. The van der Waals surface area contributed by atoms with Crippen molar-refractivity contribution in [2.75, 3.05) is 33.0 Å². The van der Waals surface area contributed by atoms with Crippen molar-refractivity contribution in [3.63, 3.8) is 0 Å². The standard InChI is InChI=1S/C30H38N4O15/c1-16(28(35)32-11-5-8-19(32)30(37)47-21-13-43-27-23(49-34(40)41)15-45-25(21)27)31-18(10-9-17-6-3-2-4-7-17)29(36)46-20-12-42-26-22(48-33(38)39)14-44-24(20)26/h2-4,6-7,16,18-27,31H,5,8-15H2,1H3/t16-,18-,19-,20-,21-,22+,23+,24?,25?,26?,27?/m0/s1. The summed E-state index contributed by atoms with van der Waals surface area (Å²) in [4.78, 5) is 72.9. The van der Waals surface area contributed by atoms with Gasteiger partial charge in [-0.15, -0.1) is 20.2 Å². The van der Waals surface area contributed by atoms with Gasteiger partial charge in [-0.05, 0) is 38.2 Å². The van der Waals surface area contributed by atoms with Crippen LogP contribution in [0, 0.1) is 20.2 Å². The molecule has 49 heavy (non-hydrogen) atoms. The zero-order valence-electron chi connectivity index (χ0n) is 26.6. The van der Waals surface area contributed by atoms with Gasteiger partial charge >= 0.3 is 11.9 Å². The molecule has 268 valence electrons. The number of carbonyl (C=O) groups excluding carboxylic acids is 3. The summed E-state index contributed by atoms with van der Waals surface area (Å²) in [6.07, 6.45) is -4.91. The Morgan fingerprint density at radius 2 is 1.39 bits per heavy atom. The van der Waals surface area contributed by atoms with Crippen LogP contribution < -0.4 is 5.32 Å². The second-order valence-corrected chi connectivity index (χ2v) is 12.5. The Hall–Kier alpha value is -4.17. The van der Waals surface area contributed by atoms with Crippen LogP contribution in [0.1, 0.15) is 31.7 Å². The molecule has 0 aliphatic carbocycles. The van der Waals surface area contributed by atoms with Crippen LogP contribution >= 0.6 is 0 Å². The third kappa shape index (κ3) is 7.85. The van der Waals surface area contributed by atoms with E-state index < -0.39 is 95.0 Å². The van der Waals surface area contributed by atoms with Crippen LogP contribution in [0.3, 0.4) is 0 Å². The number of carbonyl (C=O) groups is 3. The van der Waals surface area contributed by atoms with E-state index in [0.29, 0.717) is 25.8 Å². The Kier molecular flexibility index (Phi) is 10.7. The fourth-order valence-corrected chi connectivity index (χ4v) is 7.04. The molecule has 1 aromatic rings. The SMILES string of the molecule is C[C@H](N[C@@H](CCc1ccccc1)C(=O)O[C@H]1COC2C1OC[C@H]2O[N+](=O)[O-])C(=O)N1CCC[C@H]1C(=O)O[C@H]1COC2C1OC[C@H]2O[N+](=O)[O-]. The van der Waals surface area contributed by atoms with Gasteiger partial charge in [-0.2, -0.15) is 0 Å². The number of nitrogens with zero attached hydrogens (tertiary/aromatic N) is 3. The molecule has 6 rings (SSSR count). The van der Waals surface area contributed by atoms with Crippen molar-refractivity contribution in [2.45, 2.75) is 99.6 Å². The largest absolute Gasteiger partial charge is 0.456 e. The van der Waals surface area contributed by atoms with E-state index in [-0.39, 0.29) is 32.8 Å². The molecule has 0 bridgehead atoms. The van der Waals surface area contributed by atoms with Gasteiger partial charge in [-0.3, -0.25) is 14.9 Å². The maximum atomic E-state index is 13.7. The monoisotopic (exact) mass is 694 g/mol. The number of esters is 2. The molecule has 1 aromatic carbocycles. The number of likely N-dealkylation sites (tertiary alicyclic amines) is 1. The smallest absolute Gasteiger partial charge is 0.329 e. The molecule has 5 heterocycles. The van der Waals surface area contributed by atoms with Crippen molar-refractivity contribution >= 4 is 17.8 Å². The van der Waals surface area contributed by atoms with Crippen molar-refractivity contribution in [3.05, 3.63) is 56.1 Å². The van der Waals surface area contributed by atoms with E-state index in [4.69, 9.17) is 28.4 Å². The van der Waals surface area contributed by atoms with E-state index in [1.165, 1.54) is 4.90 Å². The lowest BCUT2D eigenvalue weighted by molar-refractivity contribution is -0.769. The van der Waals surface area contributed by atoms with Gasteiger partial charge in [0.25, 0.3) is 10.2 Å². The van der Waals surface area contributed by atoms with Gasteiger partial charge < -0.3 is 43.0 Å². The first-order valence-corrected chi connectivity index (χ1v) is 16.2. The molecule has 5 saturated heterocycles.